The Bertz CT molecular complexity index is 732. The molecule has 0 unspecified atom stereocenters. The maximum Gasteiger partial charge on any atom is 0.225 e. The van der Waals surface area contributed by atoms with Gasteiger partial charge in [0.25, 0.3) is 0 Å². The minimum absolute atomic E-state index is 0.109. The molecule has 3 rings (SSSR count). The lowest BCUT2D eigenvalue weighted by molar-refractivity contribution is -0.116. The molecule has 0 spiro atoms. The number of pyridine rings is 1. The molecule has 0 bridgehead atoms. The van der Waals surface area contributed by atoms with E-state index in [1.807, 2.05) is 24.3 Å². The van der Waals surface area contributed by atoms with Crippen LogP contribution in [0.4, 0.5) is 11.5 Å². The van der Waals surface area contributed by atoms with Crippen molar-refractivity contribution in [2.24, 2.45) is 0 Å². The quantitative estimate of drug-likeness (QED) is 0.858. The zero-order valence-corrected chi connectivity index (χ0v) is 15.2. The fraction of sp³-hybridized carbons (Fsp3) is 0.333. The van der Waals surface area contributed by atoms with E-state index in [0.29, 0.717) is 28.7 Å². The molecular weight excluding hydrogens is 361 g/mol. The first kappa shape index (κ1) is 18.0. The summed E-state index contributed by atoms with van der Waals surface area (Å²) in [5.41, 5.74) is 1.90. The third kappa shape index (κ3) is 4.84. The van der Waals surface area contributed by atoms with Crippen LogP contribution in [0.2, 0.25) is 10.0 Å². The molecule has 1 fully saturated rings. The van der Waals surface area contributed by atoms with E-state index >= 15 is 0 Å². The van der Waals surface area contributed by atoms with Crippen LogP contribution in [-0.4, -0.2) is 37.2 Å². The molecule has 1 aliphatic heterocycles. The van der Waals surface area contributed by atoms with Gasteiger partial charge in [0.05, 0.1) is 35.1 Å². The zero-order chi connectivity index (χ0) is 17.6. The third-order valence-electron chi connectivity index (χ3n) is 4.04. The van der Waals surface area contributed by atoms with E-state index in [-0.39, 0.29) is 5.91 Å². The van der Waals surface area contributed by atoms with Gasteiger partial charge in [0.1, 0.15) is 5.82 Å². The van der Waals surface area contributed by atoms with Gasteiger partial charge in [0.15, 0.2) is 0 Å². The molecular formula is C18H19Cl2N3O2. The molecule has 1 saturated heterocycles. The Morgan fingerprint density at radius 3 is 2.72 bits per heavy atom. The summed E-state index contributed by atoms with van der Waals surface area (Å²) in [6.45, 7) is 3.16. The summed E-state index contributed by atoms with van der Waals surface area (Å²) in [5, 5.41) is 3.81. The minimum atomic E-state index is -0.109. The third-order valence-corrected chi connectivity index (χ3v) is 4.90. The van der Waals surface area contributed by atoms with E-state index in [1.165, 1.54) is 0 Å². The number of anilines is 2. The second kappa shape index (κ2) is 8.52. The molecule has 132 valence electrons. The van der Waals surface area contributed by atoms with Crippen LogP contribution in [0.25, 0.3) is 0 Å². The molecule has 2 aromatic rings. The molecule has 1 aliphatic rings. The molecule has 25 heavy (non-hydrogen) atoms. The number of halogens is 2. The average Bonchev–Trinajstić information content (AvgIpc) is 2.64. The van der Waals surface area contributed by atoms with Crippen molar-refractivity contribution in [3.8, 4) is 0 Å². The summed E-state index contributed by atoms with van der Waals surface area (Å²) in [6, 6.07) is 9.20. The Kier molecular flexibility index (Phi) is 6.13. The fourth-order valence-electron chi connectivity index (χ4n) is 2.66. The standard InChI is InChI=1S/C18H19Cl2N3O2/c19-15-3-1-2-13(18(15)20)4-7-17(24)22-16-6-5-14(12-21-16)23-8-10-25-11-9-23/h1-3,5-6,12H,4,7-11H2,(H,21,22,24). The van der Waals surface area contributed by atoms with Gasteiger partial charge in [-0.2, -0.15) is 0 Å². The Hall–Kier alpha value is -1.82. The lowest BCUT2D eigenvalue weighted by Gasteiger charge is -2.28. The van der Waals surface area contributed by atoms with E-state index < -0.39 is 0 Å². The number of carbonyl (C=O) groups excluding carboxylic acids is 1. The summed E-state index contributed by atoms with van der Waals surface area (Å²) in [7, 11) is 0. The van der Waals surface area contributed by atoms with Gasteiger partial charge in [0.2, 0.25) is 5.91 Å². The van der Waals surface area contributed by atoms with Crippen LogP contribution in [0.1, 0.15) is 12.0 Å². The van der Waals surface area contributed by atoms with Gasteiger partial charge < -0.3 is 15.0 Å². The molecule has 0 saturated carbocycles. The number of hydrogen-bond acceptors (Lipinski definition) is 4. The van der Waals surface area contributed by atoms with Gasteiger partial charge in [-0.3, -0.25) is 4.79 Å². The van der Waals surface area contributed by atoms with E-state index in [9.17, 15) is 4.79 Å². The van der Waals surface area contributed by atoms with Crippen LogP contribution in [0.5, 0.6) is 0 Å². The Morgan fingerprint density at radius 1 is 1.20 bits per heavy atom. The predicted molar refractivity (Wildman–Crippen MR) is 101 cm³/mol. The topological polar surface area (TPSA) is 54.5 Å². The number of hydrogen-bond donors (Lipinski definition) is 1. The Balaban J connectivity index is 1.53. The monoisotopic (exact) mass is 379 g/mol. The number of amides is 1. The van der Waals surface area contributed by atoms with Gasteiger partial charge in [-0.25, -0.2) is 4.98 Å². The number of benzene rings is 1. The van der Waals surface area contributed by atoms with Crippen LogP contribution in [0.3, 0.4) is 0 Å². The van der Waals surface area contributed by atoms with Crippen LogP contribution < -0.4 is 10.2 Å². The molecule has 7 heteroatoms. The molecule has 0 aliphatic carbocycles. The molecule has 0 radical (unpaired) electrons. The summed E-state index contributed by atoms with van der Waals surface area (Å²) < 4.78 is 5.34. The summed E-state index contributed by atoms with van der Waals surface area (Å²) in [4.78, 5) is 18.6. The van der Waals surface area contributed by atoms with Gasteiger partial charge in [-0.05, 0) is 30.2 Å². The molecule has 2 heterocycles. The number of nitrogens with zero attached hydrogens (tertiary/aromatic N) is 2. The average molecular weight is 380 g/mol. The minimum Gasteiger partial charge on any atom is -0.378 e. The van der Waals surface area contributed by atoms with Crippen LogP contribution in [0.15, 0.2) is 36.5 Å². The summed E-state index contributed by atoms with van der Waals surface area (Å²) in [5.74, 6) is 0.432. The van der Waals surface area contributed by atoms with Gasteiger partial charge in [0, 0.05) is 19.5 Å². The molecule has 0 atom stereocenters. The number of morpholine rings is 1. The van der Waals surface area contributed by atoms with E-state index in [2.05, 4.69) is 15.2 Å². The normalized spacial score (nSPS) is 14.4. The highest BCUT2D eigenvalue weighted by Crippen LogP contribution is 2.26. The molecule has 1 aromatic heterocycles. The second-order valence-corrected chi connectivity index (χ2v) is 6.55. The number of ether oxygens (including phenoxy) is 1. The van der Waals surface area contributed by atoms with Gasteiger partial charge in [-0.15, -0.1) is 0 Å². The predicted octanol–water partition coefficient (Wildman–Crippen LogP) is 3.80. The van der Waals surface area contributed by atoms with Crippen molar-refractivity contribution >= 4 is 40.6 Å². The van der Waals surface area contributed by atoms with Crippen molar-refractivity contribution < 1.29 is 9.53 Å². The Labute approximate surface area is 156 Å². The van der Waals surface area contributed by atoms with Crippen molar-refractivity contribution in [2.75, 3.05) is 36.5 Å². The Morgan fingerprint density at radius 2 is 2.00 bits per heavy atom. The number of rotatable bonds is 5. The highest BCUT2D eigenvalue weighted by Gasteiger charge is 2.12. The lowest BCUT2D eigenvalue weighted by atomic mass is 10.1. The van der Waals surface area contributed by atoms with E-state index in [0.717, 1.165) is 37.6 Å². The first-order valence-corrected chi connectivity index (χ1v) is 8.90. The van der Waals surface area contributed by atoms with Crippen molar-refractivity contribution in [3.63, 3.8) is 0 Å². The number of aryl methyl sites for hydroxylation is 1. The molecule has 1 aromatic carbocycles. The smallest absolute Gasteiger partial charge is 0.225 e. The van der Waals surface area contributed by atoms with Crippen LogP contribution in [-0.2, 0) is 16.0 Å². The van der Waals surface area contributed by atoms with E-state index in [1.54, 1.807) is 12.3 Å². The largest absolute Gasteiger partial charge is 0.378 e. The number of nitrogens with one attached hydrogen (secondary N) is 1. The lowest BCUT2D eigenvalue weighted by Crippen LogP contribution is -2.36. The highest BCUT2D eigenvalue weighted by atomic mass is 35.5. The zero-order valence-electron chi connectivity index (χ0n) is 13.7. The maximum atomic E-state index is 12.1. The fourth-order valence-corrected chi connectivity index (χ4v) is 3.08. The molecule has 1 N–H and O–H groups in total. The SMILES string of the molecule is O=C(CCc1cccc(Cl)c1Cl)Nc1ccc(N2CCOCC2)cn1. The molecule has 5 nitrogen and oxygen atoms in total. The number of aromatic nitrogens is 1. The van der Waals surface area contributed by atoms with Crippen molar-refractivity contribution in [1.82, 2.24) is 4.98 Å². The maximum absolute atomic E-state index is 12.1. The summed E-state index contributed by atoms with van der Waals surface area (Å²) >= 11 is 12.1. The van der Waals surface area contributed by atoms with E-state index in [4.69, 9.17) is 27.9 Å². The highest BCUT2D eigenvalue weighted by molar-refractivity contribution is 6.42. The molecule has 1 amide bonds. The van der Waals surface area contributed by atoms with Crippen LogP contribution >= 0.6 is 23.2 Å². The van der Waals surface area contributed by atoms with Gasteiger partial charge >= 0.3 is 0 Å². The number of carbonyl (C=O) groups is 1. The van der Waals surface area contributed by atoms with Crippen molar-refractivity contribution in [1.29, 1.82) is 0 Å². The summed E-state index contributed by atoms with van der Waals surface area (Å²) in [6.07, 6.45) is 2.61. The van der Waals surface area contributed by atoms with Gasteiger partial charge in [-0.1, -0.05) is 35.3 Å². The van der Waals surface area contributed by atoms with Crippen LogP contribution in [0, 0.1) is 0 Å². The second-order valence-electron chi connectivity index (χ2n) is 5.76. The van der Waals surface area contributed by atoms with Crippen molar-refractivity contribution in [3.05, 3.63) is 52.1 Å². The first-order valence-electron chi connectivity index (χ1n) is 8.15. The van der Waals surface area contributed by atoms with Crippen molar-refractivity contribution in [2.45, 2.75) is 12.8 Å². The first-order chi connectivity index (χ1) is 12.1.